The normalized spacial score (nSPS) is 10.9. The van der Waals surface area contributed by atoms with Gasteiger partial charge in [-0.1, -0.05) is 78.1 Å². The summed E-state index contributed by atoms with van der Waals surface area (Å²) < 4.78 is 5.14. The van der Waals surface area contributed by atoms with E-state index in [0.717, 1.165) is 18.5 Å². The van der Waals surface area contributed by atoms with E-state index in [0.29, 0.717) is 12.2 Å². The number of carbonyl (C=O) groups excluding carboxylic acids is 1. The van der Waals surface area contributed by atoms with Gasteiger partial charge in [-0.25, -0.2) is 4.79 Å². The lowest BCUT2D eigenvalue weighted by molar-refractivity contribution is 0.0505. The van der Waals surface area contributed by atoms with Crippen molar-refractivity contribution in [1.29, 1.82) is 0 Å². The van der Waals surface area contributed by atoms with Crippen LogP contribution in [0.5, 0.6) is 0 Å². The molecule has 0 radical (unpaired) electrons. The van der Waals surface area contributed by atoms with Crippen LogP contribution in [0.25, 0.3) is 0 Å². The van der Waals surface area contributed by atoms with Gasteiger partial charge >= 0.3 is 5.97 Å². The Morgan fingerprint density at radius 3 is 2.04 bits per heavy atom. The van der Waals surface area contributed by atoms with Gasteiger partial charge in [0, 0.05) is 11.9 Å². The second-order valence-corrected chi connectivity index (χ2v) is 6.84. The zero-order chi connectivity index (χ0) is 17.5. The maximum atomic E-state index is 11.7. The minimum Gasteiger partial charge on any atom is -0.462 e. The molecule has 0 aromatic carbocycles. The standard InChI is InChI=1S/C21H37NO2/c1-3-5-6-7-8-9-10-11-12-13-14-15-20-17-19(18-22-20)21(23)24-16-4-2/h17-18,22H,3-16H2,1-2H3. The van der Waals surface area contributed by atoms with Gasteiger partial charge in [0.25, 0.3) is 0 Å². The Bertz CT molecular complexity index is 425. The van der Waals surface area contributed by atoms with Crippen LogP contribution in [0.1, 0.15) is 107 Å². The minimum atomic E-state index is -0.210. The average molecular weight is 336 g/mol. The highest BCUT2D eigenvalue weighted by Crippen LogP contribution is 2.13. The number of hydrogen-bond acceptors (Lipinski definition) is 2. The fourth-order valence-electron chi connectivity index (χ4n) is 2.96. The molecule has 0 aliphatic heterocycles. The number of carbonyl (C=O) groups is 1. The van der Waals surface area contributed by atoms with Crippen molar-refractivity contribution in [2.75, 3.05) is 6.61 Å². The summed E-state index contributed by atoms with van der Waals surface area (Å²) in [4.78, 5) is 14.9. The van der Waals surface area contributed by atoms with Gasteiger partial charge in [-0.05, 0) is 25.3 Å². The summed E-state index contributed by atoms with van der Waals surface area (Å²) in [7, 11) is 0. The van der Waals surface area contributed by atoms with E-state index in [1.165, 1.54) is 70.6 Å². The van der Waals surface area contributed by atoms with E-state index in [1.54, 1.807) is 6.20 Å². The van der Waals surface area contributed by atoms with Gasteiger partial charge in [0.05, 0.1) is 12.2 Å². The topological polar surface area (TPSA) is 42.1 Å². The van der Waals surface area contributed by atoms with Crippen molar-refractivity contribution in [1.82, 2.24) is 4.98 Å². The van der Waals surface area contributed by atoms with E-state index in [1.807, 2.05) is 13.0 Å². The number of H-pyrrole nitrogens is 1. The van der Waals surface area contributed by atoms with Gasteiger partial charge in [-0.2, -0.15) is 0 Å². The van der Waals surface area contributed by atoms with Crippen LogP contribution in [0.15, 0.2) is 12.3 Å². The SMILES string of the molecule is CCCCCCCCCCCCCc1cc(C(=O)OCCC)c[nH]1. The molecule has 0 aliphatic carbocycles. The number of ether oxygens (including phenoxy) is 1. The number of esters is 1. The number of unbranched alkanes of at least 4 members (excludes halogenated alkanes) is 10. The first kappa shape index (κ1) is 20.8. The van der Waals surface area contributed by atoms with E-state index in [-0.39, 0.29) is 5.97 Å². The lowest BCUT2D eigenvalue weighted by Crippen LogP contribution is -2.04. The number of nitrogens with one attached hydrogen (secondary N) is 1. The molecule has 138 valence electrons. The monoisotopic (exact) mass is 335 g/mol. The smallest absolute Gasteiger partial charge is 0.339 e. The third-order valence-electron chi connectivity index (χ3n) is 4.47. The van der Waals surface area contributed by atoms with Gasteiger partial charge in [-0.15, -0.1) is 0 Å². The van der Waals surface area contributed by atoms with E-state index in [9.17, 15) is 4.79 Å². The maximum absolute atomic E-state index is 11.7. The largest absolute Gasteiger partial charge is 0.462 e. The summed E-state index contributed by atoms with van der Waals surface area (Å²) in [5.74, 6) is -0.210. The van der Waals surface area contributed by atoms with E-state index < -0.39 is 0 Å². The molecular formula is C21H37NO2. The third kappa shape index (κ3) is 9.79. The Balaban J connectivity index is 1.98. The van der Waals surface area contributed by atoms with Crippen LogP contribution in [0, 0.1) is 0 Å². The van der Waals surface area contributed by atoms with E-state index in [2.05, 4.69) is 11.9 Å². The summed E-state index contributed by atoms with van der Waals surface area (Å²) in [6.45, 7) is 4.77. The number of aromatic nitrogens is 1. The van der Waals surface area contributed by atoms with Crippen LogP contribution < -0.4 is 0 Å². The summed E-state index contributed by atoms with van der Waals surface area (Å²) in [5.41, 5.74) is 1.80. The molecule has 3 nitrogen and oxygen atoms in total. The van der Waals surface area contributed by atoms with Gasteiger partial charge in [0.1, 0.15) is 0 Å². The number of hydrogen-bond donors (Lipinski definition) is 1. The average Bonchev–Trinajstić information content (AvgIpc) is 3.06. The van der Waals surface area contributed by atoms with Crippen molar-refractivity contribution < 1.29 is 9.53 Å². The predicted molar refractivity (Wildman–Crippen MR) is 102 cm³/mol. The second-order valence-electron chi connectivity index (χ2n) is 6.84. The quantitative estimate of drug-likeness (QED) is 0.296. The first-order chi connectivity index (χ1) is 11.8. The molecule has 0 spiro atoms. The van der Waals surface area contributed by atoms with Crippen molar-refractivity contribution >= 4 is 5.97 Å². The molecule has 0 fully saturated rings. The molecule has 1 heterocycles. The summed E-state index contributed by atoms with van der Waals surface area (Å²) in [5, 5.41) is 0. The number of aromatic amines is 1. The van der Waals surface area contributed by atoms with Crippen molar-refractivity contribution in [3.63, 3.8) is 0 Å². The Kier molecular flexibility index (Phi) is 12.2. The van der Waals surface area contributed by atoms with Crippen LogP contribution >= 0.6 is 0 Å². The third-order valence-corrected chi connectivity index (χ3v) is 4.47. The lowest BCUT2D eigenvalue weighted by atomic mass is 10.0. The van der Waals surface area contributed by atoms with Gasteiger partial charge in [-0.3, -0.25) is 0 Å². The molecule has 0 atom stereocenters. The Morgan fingerprint density at radius 2 is 1.46 bits per heavy atom. The molecule has 1 N–H and O–H groups in total. The number of rotatable bonds is 15. The van der Waals surface area contributed by atoms with Crippen molar-refractivity contribution in [3.05, 3.63) is 23.5 Å². The molecule has 24 heavy (non-hydrogen) atoms. The molecular weight excluding hydrogens is 298 g/mol. The zero-order valence-corrected chi connectivity index (χ0v) is 15.9. The van der Waals surface area contributed by atoms with Crippen molar-refractivity contribution in [2.45, 2.75) is 97.3 Å². The fraction of sp³-hybridized carbons (Fsp3) is 0.762. The molecule has 1 aromatic rings. The molecule has 0 unspecified atom stereocenters. The Hall–Kier alpha value is -1.25. The van der Waals surface area contributed by atoms with Gasteiger partial charge in [0.2, 0.25) is 0 Å². The molecule has 0 bridgehead atoms. The summed E-state index contributed by atoms with van der Waals surface area (Å²) >= 11 is 0. The highest BCUT2D eigenvalue weighted by Gasteiger charge is 2.09. The second kappa shape index (κ2) is 14.1. The molecule has 3 heteroatoms. The van der Waals surface area contributed by atoms with Crippen LogP contribution in [0.4, 0.5) is 0 Å². The molecule has 0 amide bonds. The molecule has 0 aliphatic rings. The van der Waals surface area contributed by atoms with Crippen molar-refractivity contribution in [3.8, 4) is 0 Å². The van der Waals surface area contributed by atoms with Crippen LogP contribution in [-0.2, 0) is 11.2 Å². The van der Waals surface area contributed by atoms with Crippen LogP contribution in [-0.4, -0.2) is 17.6 Å². The first-order valence-corrected chi connectivity index (χ1v) is 10.1. The Morgan fingerprint density at radius 1 is 0.875 bits per heavy atom. The molecule has 0 saturated carbocycles. The fourth-order valence-corrected chi connectivity index (χ4v) is 2.96. The first-order valence-electron chi connectivity index (χ1n) is 10.1. The minimum absolute atomic E-state index is 0.210. The number of aryl methyl sites for hydroxylation is 1. The summed E-state index contributed by atoms with van der Waals surface area (Å²) in [6, 6.07) is 1.94. The molecule has 0 saturated heterocycles. The van der Waals surface area contributed by atoms with Gasteiger partial charge in [0.15, 0.2) is 0 Å². The van der Waals surface area contributed by atoms with Crippen molar-refractivity contribution in [2.24, 2.45) is 0 Å². The molecule has 1 aromatic heterocycles. The van der Waals surface area contributed by atoms with Crippen LogP contribution in [0.3, 0.4) is 0 Å². The predicted octanol–water partition coefficient (Wildman–Crippen LogP) is 6.44. The summed E-state index contributed by atoms with van der Waals surface area (Å²) in [6.07, 6.45) is 18.6. The lowest BCUT2D eigenvalue weighted by Gasteiger charge is -2.02. The molecule has 1 rings (SSSR count). The maximum Gasteiger partial charge on any atom is 0.339 e. The van der Waals surface area contributed by atoms with E-state index >= 15 is 0 Å². The van der Waals surface area contributed by atoms with Crippen LogP contribution in [0.2, 0.25) is 0 Å². The zero-order valence-electron chi connectivity index (χ0n) is 15.9. The van der Waals surface area contributed by atoms with Gasteiger partial charge < -0.3 is 9.72 Å². The van der Waals surface area contributed by atoms with E-state index in [4.69, 9.17) is 4.74 Å². The highest BCUT2D eigenvalue weighted by molar-refractivity contribution is 5.89. The Labute approximate surface area is 148 Å². The highest BCUT2D eigenvalue weighted by atomic mass is 16.5.